The Labute approximate surface area is 162 Å². The van der Waals surface area contributed by atoms with Crippen molar-refractivity contribution >= 4 is 28.9 Å². The molecule has 2 aromatic carbocycles. The van der Waals surface area contributed by atoms with Crippen molar-refractivity contribution < 1.29 is 19.2 Å². The molecule has 0 aliphatic carbocycles. The first-order valence-electron chi connectivity index (χ1n) is 9.11. The Morgan fingerprint density at radius 2 is 1.93 bits per heavy atom. The highest BCUT2D eigenvalue weighted by molar-refractivity contribution is 6.09. The zero-order valence-corrected chi connectivity index (χ0v) is 15.5. The molecular weight excluding hydrogens is 362 g/mol. The van der Waals surface area contributed by atoms with E-state index in [1.54, 1.807) is 31.2 Å². The molecule has 1 aliphatic rings. The second-order valence-electron chi connectivity index (χ2n) is 6.41. The number of carbonyl (C=O) groups is 2. The number of amides is 1. The van der Waals surface area contributed by atoms with Crippen molar-refractivity contribution in [2.24, 2.45) is 0 Å². The van der Waals surface area contributed by atoms with E-state index in [1.165, 1.54) is 18.2 Å². The van der Waals surface area contributed by atoms with E-state index in [-0.39, 0.29) is 17.9 Å². The van der Waals surface area contributed by atoms with E-state index < -0.39 is 16.8 Å². The molecule has 0 atom stereocenters. The Kier molecular flexibility index (Phi) is 5.88. The average Bonchev–Trinajstić information content (AvgIpc) is 3.22. The molecule has 8 heteroatoms. The summed E-state index contributed by atoms with van der Waals surface area (Å²) in [4.78, 5) is 37.5. The number of rotatable bonds is 6. The lowest BCUT2D eigenvalue weighted by molar-refractivity contribution is -0.384. The first-order chi connectivity index (χ1) is 13.5. The van der Waals surface area contributed by atoms with Gasteiger partial charge in [-0.05, 0) is 44.0 Å². The molecule has 1 N–H and O–H groups in total. The van der Waals surface area contributed by atoms with Crippen LogP contribution in [-0.4, -0.2) is 36.5 Å². The normalized spacial score (nSPS) is 13.2. The molecule has 1 heterocycles. The smallest absolute Gasteiger partial charge is 0.338 e. The average molecular weight is 383 g/mol. The summed E-state index contributed by atoms with van der Waals surface area (Å²) in [7, 11) is 0. The molecule has 0 aromatic heterocycles. The first-order valence-corrected chi connectivity index (χ1v) is 9.11. The quantitative estimate of drug-likeness (QED) is 0.464. The van der Waals surface area contributed by atoms with Gasteiger partial charge in [-0.3, -0.25) is 14.9 Å². The number of non-ortho nitro benzene ring substituents is 1. The van der Waals surface area contributed by atoms with Crippen LogP contribution in [0.4, 0.5) is 17.1 Å². The number of nitrogens with one attached hydrogen (secondary N) is 1. The third-order valence-corrected chi connectivity index (χ3v) is 4.51. The number of nitro benzene ring substituents is 1. The summed E-state index contributed by atoms with van der Waals surface area (Å²) in [5.74, 6) is -0.946. The van der Waals surface area contributed by atoms with Crippen molar-refractivity contribution in [3.8, 4) is 0 Å². The number of benzene rings is 2. The van der Waals surface area contributed by atoms with E-state index in [2.05, 4.69) is 5.32 Å². The first kappa shape index (κ1) is 19.3. The number of ether oxygens (including phenoxy) is 1. The lowest BCUT2D eigenvalue weighted by atomic mass is 10.1. The number of nitrogens with zero attached hydrogens (tertiary/aromatic N) is 2. The van der Waals surface area contributed by atoms with Gasteiger partial charge in [0.25, 0.3) is 11.6 Å². The molecule has 2 aromatic rings. The minimum atomic E-state index is -0.522. The molecule has 0 bridgehead atoms. The van der Waals surface area contributed by atoms with Gasteiger partial charge in [-0.1, -0.05) is 6.07 Å². The molecule has 0 unspecified atom stereocenters. The van der Waals surface area contributed by atoms with Crippen LogP contribution in [0.2, 0.25) is 0 Å². The Morgan fingerprint density at radius 1 is 1.18 bits per heavy atom. The third kappa shape index (κ3) is 4.28. The van der Waals surface area contributed by atoms with Crippen LogP contribution in [0.25, 0.3) is 0 Å². The van der Waals surface area contributed by atoms with Gasteiger partial charge in [-0.15, -0.1) is 0 Å². The summed E-state index contributed by atoms with van der Waals surface area (Å²) in [6.07, 6.45) is 2.03. The molecule has 1 aliphatic heterocycles. The van der Waals surface area contributed by atoms with Gasteiger partial charge >= 0.3 is 5.97 Å². The fourth-order valence-electron chi connectivity index (χ4n) is 3.19. The Balaban J connectivity index is 1.89. The van der Waals surface area contributed by atoms with Crippen molar-refractivity contribution in [1.29, 1.82) is 0 Å². The largest absolute Gasteiger partial charge is 0.462 e. The van der Waals surface area contributed by atoms with Crippen molar-refractivity contribution in [3.63, 3.8) is 0 Å². The van der Waals surface area contributed by atoms with E-state index in [4.69, 9.17) is 4.74 Å². The maximum atomic E-state index is 12.9. The fourth-order valence-corrected chi connectivity index (χ4v) is 3.19. The van der Waals surface area contributed by atoms with Gasteiger partial charge in [-0.25, -0.2) is 4.79 Å². The summed E-state index contributed by atoms with van der Waals surface area (Å²) >= 11 is 0. The SMILES string of the molecule is CCOC(=O)c1cccc(NC(=O)c2cc([N+](=O)[O-])ccc2N2CCCC2)c1. The fraction of sp³-hybridized carbons (Fsp3) is 0.300. The number of nitro groups is 1. The third-order valence-electron chi connectivity index (χ3n) is 4.51. The Hall–Kier alpha value is -3.42. The summed E-state index contributed by atoms with van der Waals surface area (Å²) in [5, 5.41) is 13.9. The molecule has 28 heavy (non-hydrogen) atoms. The number of anilines is 2. The molecule has 1 saturated heterocycles. The molecule has 146 valence electrons. The van der Waals surface area contributed by atoms with Gasteiger partial charge < -0.3 is 15.0 Å². The van der Waals surface area contributed by atoms with E-state index in [9.17, 15) is 19.7 Å². The van der Waals surface area contributed by atoms with Crippen LogP contribution in [0.3, 0.4) is 0 Å². The standard InChI is InChI=1S/C20H21N3O5/c1-2-28-20(25)14-6-5-7-15(12-14)21-19(24)17-13-16(23(26)27)8-9-18(17)22-10-3-4-11-22/h5-9,12-13H,2-4,10-11H2,1H3,(H,21,24). The molecule has 1 amide bonds. The predicted molar refractivity (Wildman–Crippen MR) is 105 cm³/mol. The van der Waals surface area contributed by atoms with E-state index in [0.717, 1.165) is 25.9 Å². The van der Waals surface area contributed by atoms with Crippen LogP contribution in [-0.2, 0) is 4.74 Å². The van der Waals surface area contributed by atoms with Gasteiger partial charge in [0.1, 0.15) is 0 Å². The summed E-state index contributed by atoms with van der Waals surface area (Å²) in [6.45, 7) is 3.57. The molecule has 3 rings (SSSR count). The topological polar surface area (TPSA) is 102 Å². The highest BCUT2D eigenvalue weighted by atomic mass is 16.6. The van der Waals surface area contributed by atoms with Crippen LogP contribution in [0, 0.1) is 10.1 Å². The zero-order valence-electron chi connectivity index (χ0n) is 15.5. The van der Waals surface area contributed by atoms with Crippen molar-refractivity contribution in [1.82, 2.24) is 0 Å². The lowest BCUT2D eigenvalue weighted by Gasteiger charge is -2.21. The van der Waals surface area contributed by atoms with Crippen LogP contribution in [0.15, 0.2) is 42.5 Å². The molecule has 0 saturated carbocycles. The Bertz CT molecular complexity index is 906. The minimum absolute atomic E-state index is 0.145. The zero-order chi connectivity index (χ0) is 20.1. The number of hydrogen-bond acceptors (Lipinski definition) is 6. The summed E-state index contributed by atoms with van der Waals surface area (Å²) < 4.78 is 4.97. The maximum Gasteiger partial charge on any atom is 0.338 e. The predicted octanol–water partition coefficient (Wildman–Crippen LogP) is 3.62. The van der Waals surface area contributed by atoms with Gasteiger partial charge in [0.05, 0.1) is 28.3 Å². The van der Waals surface area contributed by atoms with Gasteiger partial charge in [0.15, 0.2) is 0 Å². The highest BCUT2D eigenvalue weighted by Gasteiger charge is 2.23. The number of esters is 1. The Morgan fingerprint density at radius 3 is 2.61 bits per heavy atom. The molecule has 1 fully saturated rings. The highest BCUT2D eigenvalue weighted by Crippen LogP contribution is 2.29. The maximum absolute atomic E-state index is 12.9. The second-order valence-corrected chi connectivity index (χ2v) is 6.41. The van der Waals surface area contributed by atoms with Crippen molar-refractivity contribution in [3.05, 3.63) is 63.7 Å². The van der Waals surface area contributed by atoms with Gasteiger partial charge in [0, 0.05) is 30.9 Å². The van der Waals surface area contributed by atoms with E-state index in [0.29, 0.717) is 16.9 Å². The van der Waals surface area contributed by atoms with Gasteiger partial charge in [0.2, 0.25) is 0 Å². The molecule has 8 nitrogen and oxygen atoms in total. The van der Waals surface area contributed by atoms with E-state index in [1.807, 2.05) is 4.90 Å². The lowest BCUT2D eigenvalue weighted by Crippen LogP contribution is -2.23. The van der Waals surface area contributed by atoms with Crippen LogP contribution >= 0.6 is 0 Å². The number of hydrogen-bond donors (Lipinski definition) is 1. The second kappa shape index (κ2) is 8.51. The van der Waals surface area contributed by atoms with Crippen molar-refractivity contribution in [2.75, 3.05) is 29.9 Å². The number of carbonyl (C=O) groups excluding carboxylic acids is 2. The van der Waals surface area contributed by atoms with Crippen LogP contribution in [0.1, 0.15) is 40.5 Å². The van der Waals surface area contributed by atoms with Crippen LogP contribution in [0.5, 0.6) is 0 Å². The van der Waals surface area contributed by atoms with Crippen molar-refractivity contribution in [2.45, 2.75) is 19.8 Å². The van der Waals surface area contributed by atoms with Crippen LogP contribution < -0.4 is 10.2 Å². The van der Waals surface area contributed by atoms with E-state index >= 15 is 0 Å². The summed E-state index contributed by atoms with van der Waals surface area (Å²) in [5.41, 5.74) is 1.49. The monoisotopic (exact) mass is 383 g/mol. The summed E-state index contributed by atoms with van der Waals surface area (Å²) in [6, 6.07) is 10.7. The molecule has 0 spiro atoms. The molecule has 0 radical (unpaired) electrons. The molecular formula is C20H21N3O5. The minimum Gasteiger partial charge on any atom is -0.462 e. The van der Waals surface area contributed by atoms with Gasteiger partial charge in [-0.2, -0.15) is 0 Å².